The molecule has 1 radical (unpaired) electrons. The van der Waals surface area contributed by atoms with Crippen molar-refractivity contribution in [2.45, 2.75) is 19.5 Å². The van der Waals surface area contributed by atoms with Gasteiger partial charge in [-0.2, -0.15) is 13.2 Å². The highest BCUT2D eigenvalue weighted by atomic mass is 19.4. The van der Waals surface area contributed by atoms with Crippen molar-refractivity contribution < 1.29 is 22.8 Å². The second kappa shape index (κ2) is 3.93. The molecule has 0 aromatic rings. The fourth-order valence-electron chi connectivity index (χ4n) is 0.256. The van der Waals surface area contributed by atoms with Crippen molar-refractivity contribution in [3.63, 3.8) is 0 Å². The lowest BCUT2D eigenvalue weighted by molar-refractivity contribution is -0.175. The fourth-order valence-corrected chi connectivity index (χ4v) is 0.256. The maximum Gasteiger partial charge on any atom is 0.473 e. The van der Waals surface area contributed by atoms with Crippen molar-refractivity contribution in [2.75, 3.05) is 0 Å². The number of alkyl halides is 3. The monoisotopic (exact) mass is 183 g/mol. The molecule has 0 rings (SSSR count). The van der Waals surface area contributed by atoms with Crippen LogP contribution in [0, 0.1) is 0 Å². The minimum absolute atomic E-state index is 0.0574. The van der Waals surface area contributed by atoms with Crippen molar-refractivity contribution in [3.8, 4) is 0 Å². The van der Waals surface area contributed by atoms with Crippen LogP contribution in [0.1, 0.15) is 13.3 Å². The van der Waals surface area contributed by atoms with Crippen LogP contribution in [0.3, 0.4) is 0 Å². The van der Waals surface area contributed by atoms with Gasteiger partial charge in [-0.3, -0.25) is 9.59 Å². The van der Waals surface area contributed by atoms with Crippen LogP contribution < -0.4 is 10.9 Å². The second-order valence-electron chi connectivity index (χ2n) is 1.80. The molecule has 0 aromatic carbocycles. The lowest BCUT2D eigenvalue weighted by Crippen LogP contribution is -2.43. The van der Waals surface area contributed by atoms with Crippen LogP contribution in [0.2, 0.25) is 0 Å². The number of halogens is 3. The number of carbonyl (C=O) groups excluding carboxylic acids is 2. The zero-order valence-corrected chi connectivity index (χ0v) is 6.10. The highest BCUT2D eigenvalue weighted by Crippen LogP contribution is 2.13. The average Bonchev–Trinajstić information content (AvgIpc) is 1.97. The third-order valence-corrected chi connectivity index (χ3v) is 0.842. The van der Waals surface area contributed by atoms with E-state index in [1.807, 2.05) is 0 Å². The Morgan fingerprint density at radius 1 is 1.42 bits per heavy atom. The summed E-state index contributed by atoms with van der Waals surface area (Å²) in [4.78, 5) is 20.3. The third kappa shape index (κ3) is 3.79. The maximum absolute atomic E-state index is 11.4. The normalized spacial score (nSPS) is 10.7. The van der Waals surface area contributed by atoms with Gasteiger partial charge in [-0.1, -0.05) is 6.92 Å². The van der Waals surface area contributed by atoms with Crippen LogP contribution in [0.4, 0.5) is 13.2 Å². The van der Waals surface area contributed by atoms with Crippen LogP contribution >= 0.6 is 0 Å². The van der Waals surface area contributed by atoms with Crippen LogP contribution in [0.25, 0.3) is 0 Å². The molecule has 0 aliphatic rings. The minimum Gasteiger partial charge on any atom is -0.271 e. The van der Waals surface area contributed by atoms with E-state index in [1.165, 1.54) is 6.92 Å². The Bertz CT molecular complexity index is 190. The van der Waals surface area contributed by atoms with Crippen LogP contribution in [-0.2, 0) is 9.59 Å². The topological polar surface area (TPSA) is 60.3 Å². The second-order valence-corrected chi connectivity index (χ2v) is 1.80. The first-order chi connectivity index (χ1) is 5.38. The zero-order valence-electron chi connectivity index (χ0n) is 6.10. The summed E-state index contributed by atoms with van der Waals surface area (Å²) in [5.74, 6) is -3.06. The van der Waals surface area contributed by atoms with Crippen molar-refractivity contribution in [1.29, 1.82) is 0 Å². The molecule has 69 valence electrons. The van der Waals surface area contributed by atoms with E-state index in [4.69, 9.17) is 0 Å². The van der Waals surface area contributed by atoms with E-state index in [9.17, 15) is 22.8 Å². The van der Waals surface area contributed by atoms with Gasteiger partial charge in [0.1, 0.15) is 0 Å². The molecule has 7 heteroatoms. The Labute approximate surface area is 66.1 Å². The van der Waals surface area contributed by atoms with Gasteiger partial charge in [-0.25, -0.2) is 5.43 Å². The van der Waals surface area contributed by atoms with Gasteiger partial charge in [0.15, 0.2) is 0 Å². The Hall–Kier alpha value is -1.27. The lowest BCUT2D eigenvalue weighted by Gasteiger charge is -2.04. The van der Waals surface area contributed by atoms with Crippen LogP contribution in [0.15, 0.2) is 0 Å². The molecule has 0 atom stereocenters. The molecular weight excluding hydrogens is 177 g/mol. The van der Waals surface area contributed by atoms with Gasteiger partial charge in [-0.15, -0.1) is 5.43 Å². The van der Waals surface area contributed by atoms with Gasteiger partial charge >= 0.3 is 12.1 Å². The summed E-state index contributed by atoms with van der Waals surface area (Å²) in [6, 6.07) is 0. The van der Waals surface area contributed by atoms with E-state index in [2.05, 4.69) is 5.43 Å². The van der Waals surface area contributed by atoms with Crippen molar-refractivity contribution in [2.24, 2.45) is 0 Å². The average molecular weight is 183 g/mol. The number of nitrogens with one attached hydrogen (secondary N) is 1. The Morgan fingerprint density at radius 2 is 1.92 bits per heavy atom. The SMILES string of the molecule is CCC(=O)[N]NC(=O)C(F)(F)F. The van der Waals surface area contributed by atoms with Gasteiger partial charge in [0.05, 0.1) is 0 Å². The number of nitrogens with zero attached hydrogens (tertiary/aromatic N) is 1. The molecule has 0 aliphatic carbocycles. The number of hydrogen-bond donors (Lipinski definition) is 1. The van der Waals surface area contributed by atoms with Crippen molar-refractivity contribution >= 4 is 11.8 Å². The highest BCUT2D eigenvalue weighted by Gasteiger charge is 2.39. The van der Waals surface area contributed by atoms with E-state index in [1.54, 1.807) is 0 Å². The first-order valence-electron chi connectivity index (χ1n) is 2.98. The molecule has 12 heavy (non-hydrogen) atoms. The molecule has 0 spiro atoms. The van der Waals surface area contributed by atoms with Crippen molar-refractivity contribution in [3.05, 3.63) is 0 Å². The number of hydrogen-bond acceptors (Lipinski definition) is 2. The van der Waals surface area contributed by atoms with Gasteiger partial charge in [0.2, 0.25) is 0 Å². The Morgan fingerprint density at radius 3 is 2.25 bits per heavy atom. The number of rotatable bonds is 1. The molecule has 0 saturated heterocycles. The van der Waals surface area contributed by atoms with Gasteiger partial charge in [0, 0.05) is 6.42 Å². The molecule has 0 unspecified atom stereocenters. The molecule has 0 saturated carbocycles. The number of carbonyl (C=O) groups is 2. The Balaban J connectivity index is 3.81. The summed E-state index contributed by atoms with van der Waals surface area (Å²) in [5.41, 5.74) is 3.74. The highest BCUT2D eigenvalue weighted by molar-refractivity contribution is 5.84. The molecule has 0 bridgehead atoms. The van der Waals surface area contributed by atoms with E-state index in [-0.39, 0.29) is 6.42 Å². The predicted octanol–water partition coefficient (Wildman–Crippen LogP) is 0.121. The Kier molecular flexibility index (Phi) is 3.52. The maximum atomic E-state index is 11.4. The molecular formula is C5H6F3N2O2. The van der Waals surface area contributed by atoms with Gasteiger partial charge in [-0.05, 0) is 0 Å². The van der Waals surface area contributed by atoms with Crippen LogP contribution in [-0.4, -0.2) is 18.0 Å². The summed E-state index contributed by atoms with van der Waals surface area (Å²) in [6.45, 7) is 1.41. The minimum atomic E-state index is -5.00. The predicted molar refractivity (Wildman–Crippen MR) is 31.6 cm³/mol. The molecule has 0 aromatic heterocycles. The van der Waals surface area contributed by atoms with Gasteiger partial charge in [0.25, 0.3) is 5.91 Å². The van der Waals surface area contributed by atoms with E-state index < -0.39 is 18.0 Å². The summed E-state index contributed by atoms with van der Waals surface area (Å²) >= 11 is 0. The molecule has 0 heterocycles. The standard InChI is InChI=1S/C5H6F3N2O2/c1-2-3(11)9-10-4(12)5(6,7)8/h2H2,1H3,(H,10,12). The summed E-state index contributed by atoms with van der Waals surface area (Å²) < 4.78 is 34.3. The first kappa shape index (κ1) is 10.7. The lowest BCUT2D eigenvalue weighted by atomic mass is 10.5. The van der Waals surface area contributed by atoms with Gasteiger partial charge < -0.3 is 0 Å². The molecule has 0 aliphatic heterocycles. The largest absolute Gasteiger partial charge is 0.473 e. The third-order valence-electron chi connectivity index (χ3n) is 0.842. The smallest absolute Gasteiger partial charge is 0.271 e. The number of amides is 2. The zero-order chi connectivity index (χ0) is 9.78. The summed E-state index contributed by atoms with van der Waals surface area (Å²) in [5, 5.41) is 0. The molecule has 4 nitrogen and oxygen atoms in total. The van der Waals surface area contributed by atoms with Crippen LogP contribution in [0.5, 0.6) is 0 Å². The molecule has 1 N–H and O–H groups in total. The fraction of sp³-hybridized carbons (Fsp3) is 0.600. The first-order valence-corrected chi connectivity index (χ1v) is 2.98. The van der Waals surface area contributed by atoms with E-state index in [0.717, 1.165) is 5.43 Å². The van der Waals surface area contributed by atoms with Crippen molar-refractivity contribution in [1.82, 2.24) is 10.9 Å². The summed E-state index contributed by atoms with van der Waals surface area (Å²) in [7, 11) is 0. The van der Waals surface area contributed by atoms with E-state index in [0.29, 0.717) is 0 Å². The quantitative estimate of drug-likeness (QED) is 0.587. The summed E-state index contributed by atoms with van der Waals surface area (Å²) in [6.07, 6.45) is -5.06. The molecule has 0 fully saturated rings. The molecule has 2 amide bonds. The van der Waals surface area contributed by atoms with E-state index >= 15 is 0 Å².